The first-order valence-corrected chi connectivity index (χ1v) is 16.4. The van der Waals surface area contributed by atoms with Crippen molar-refractivity contribution in [1.82, 2.24) is 15.0 Å². The molecule has 0 radical (unpaired) electrons. The van der Waals surface area contributed by atoms with Gasteiger partial charge in [-0.25, -0.2) is 15.0 Å². The van der Waals surface area contributed by atoms with Gasteiger partial charge in [0.15, 0.2) is 17.5 Å². The highest BCUT2D eigenvalue weighted by molar-refractivity contribution is 6.08. The SMILES string of the molecule is c1ccc2cc(-c3nc(-c4ccc5ccccc5c4)nc(-c4ccc(-c5ccc6c(c5)oc5ccccc56)c5ccccc45)n3)ccc2c1. The molecule has 0 aliphatic rings. The molecule has 0 aliphatic carbocycles. The van der Waals surface area contributed by atoms with Crippen LogP contribution in [-0.4, -0.2) is 15.0 Å². The van der Waals surface area contributed by atoms with Crippen LogP contribution >= 0.6 is 0 Å². The molecule has 2 aromatic heterocycles. The third-order valence-corrected chi connectivity index (χ3v) is 9.51. The van der Waals surface area contributed by atoms with Gasteiger partial charge in [0.1, 0.15) is 11.2 Å². The van der Waals surface area contributed by atoms with Crippen molar-refractivity contribution in [1.29, 1.82) is 0 Å². The zero-order valence-electron chi connectivity index (χ0n) is 26.3. The van der Waals surface area contributed by atoms with Crippen molar-refractivity contribution in [2.45, 2.75) is 0 Å². The number of hydrogen-bond donors (Lipinski definition) is 0. The fourth-order valence-corrected chi connectivity index (χ4v) is 7.05. The highest BCUT2D eigenvalue weighted by Crippen LogP contribution is 2.38. The molecule has 8 aromatic carbocycles. The van der Waals surface area contributed by atoms with Crippen LogP contribution in [-0.2, 0) is 0 Å². The molecule has 10 aromatic rings. The zero-order valence-corrected chi connectivity index (χ0v) is 26.3. The Bertz CT molecular complexity index is 2810. The van der Waals surface area contributed by atoms with Crippen molar-refractivity contribution in [2.24, 2.45) is 0 Å². The van der Waals surface area contributed by atoms with Crippen LogP contribution in [0.15, 0.2) is 168 Å². The predicted molar refractivity (Wildman–Crippen MR) is 201 cm³/mol. The molecule has 0 fully saturated rings. The molecule has 0 bridgehead atoms. The smallest absolute Gasteiger partial charge is 0.164 e. The fraction of sp³-hybridized carbons (Fsp3) is 0. The molecule has 0 unspecified atom stereocenters. The third kappa shape index (κ3) is 4.65. The van der Waals surface area contributed by atoms with E-state index in [0.717, 1.165) is 71.3 Å². The lowest BCUT2D eigenvalue weighted by atomic mass is 9.94. The second-order valence-electron chi connectivity index (χ2n) is 12.4. The Morgan fingerprint density at radius 2 is 0.796 bits per heavy atom. The fourth-order valence-electron chi connectivity index (χ4n) is 7.05. The first-order chi connectivity index (χ1) is 24.2. The molecule has 0 spiro atoms. The van der Waals surface area contributed by atoms with Crippen molar-refractivity contribution in [2.75, 3.05) is 0 Å². The van der Waals surface area contributed by atoms with Gasteiger partial charge in [0, 0.05) is 27.5 Å². The Balaban J connectivity index is 1.17. The van der Waals surface area contributed by atoms with Crippen LogP contribution in [0.5, 0.6) is 0 Å². The van der Waals surface area contributed by atoms with Gasteiger partial charge < -0.3 is 4.42 Å². The van der Waals surface area contributed by atoms with Gasteiger partial charge in [-0.15, -0.1) is 0 Å². The second-order valence-corrected chi connectivity index (χ2v) is 12.4. The molecule has 0 saturated heterocycles. The van der Waals surface area contributed by atoms with Crippen molar-refractivity contribution in [3.63, 3.8) is 0 Å². The van der Waals surface area contributed by atoms with E-state index >= 15 is 0 Å². The highest BCUT2D eigenvalue weighted by Gasteiger charge is 2.17. The third-order valence-electron chi connectivity index (χ3n) is 9.51. The highest BCUT2D eigenvalue weighted by atomic mass is 16.3. The second kappa shape index (κ2) is 11.0. The maximum absolute atomic E-state index is 6.26. The lowest BCUT2D eigenvalue weighted by Crippen LogP contribution is -2.01. The Labute approximate surface area is 282 Å². The van der Waals surface area contributed by atoms with Gasteiger partial charge in [-0.2, -0.15) is 0 Å². The Morgan fingerprint density at radius 3 is 1.47 bits per heavy atom. The van der Waals surface area contributed by atoms with Crippen LogP contribution in [0, 0.1) is 0 Å². The standard InChI is InChI=1S/C45H27N3O/c1-3-11-30-25-33(19-17-28(30)9-1)43-46-44(34-20-18-29-10-2-4-12-31(29)26-34)48-45(47-43)40-24-23-35(36-13-5-6-14-37(36)40)32-21-22-39-38-15-7-8-16-41(38)49-42(39)27-32/h1-27H. The molecule has 0 N–H and O–H groups in total. The number of aromatic nitrogens is 3. The minimum atomic E-state index is 0.636. The number of rotatable bonds is 4. The lowest BCUT2D eigenvalue weighted by molar-refractivity contribution is 0.669. The summed E-state index contributed by atoms with van der Waals surface area (Å²) in [7, 11) is 0. The number of hydrogen-bond acceptors (Lipinski definition) is 4. The molecular weight excluding hydrogens is 599 g/mol. The van der Waals surface area contributed by atoms with E-state index in [-0.39, 0.29) is 0 Å². The molecule has 0 saturated carbocycles. The van der Waals surface area contributed by atoms with Gasteiger partial charge in [0.2, 0.25) is 0 Å². The van der Waals surface area contributed by atoms with Crippen molar-refractivity contribution < 1.29 is 4.42 Å². The molecule has 0 amide bonds. The molecule has 0 aliphatic heterocycles. The summed E-state index contributed by atoms with van der Waals surface area (Å²) in [6, 6.07) is 57.0. The molecule has 4 nitrogen and oxygen atoms in total. The van der Waals surface area contributed by atoms with Crippen molar-refractivity contribution in [3.05, 3.63) is 164 Å². The topological polar surface area (TPSA) is 51.8 Å². The normalized spacial score (nSPS) is 11.7. The van der Waals surface area contributed by atoms with Crippen LogP contribution in [0.4, 0.5) is 0 Å². The number of para-hydroxylation sites is 1. The maximum atomic E-state index is 6.26. The van der Waals surface area contributed by atoms with Crippen LogP contribution < -0.4 is 0 Å². The van der Waals surface area contributed by atoms with Crippen molar-refractivity contribution >= 4 is 54.3 Å². The molecule has 228 valence electrons. The molecular formula is C45H27N3O. The zero-order chi connectivity index (χ0) is 32.3. The minimum Gasteiger partial charge on any atom is -0.456 e. The van der Waals surface area contributed by atoms with E-state index in [9.17, 15) is 0 Å². The number of benzene rings is 8. The number of furan rings is 1. The average Bonchev–Trinajstić information content (AvgIpc) is 3.55. The minimum absolute atomic E-state index is 0.636. The Kier molecular flexibility index (Phi) is 6.15. The van der Waals surface area contributed by atoms with Crippen LogP contribution in [0.3, 0.4) is 0 Å². The monoisotopic (exact) mass is 625 g/mol. The number of nitrogens with zero attached hydrogens (tertiary/aromatic N) is 3. The predicted octanol–water partition coefficient (Wildman–Crippen LogP) is 11.9. The summed E-state index contributed by atoms with van der Waals surface area (Å²) >= 11 is 0. The van der Waals surface area contributed by atoms with Gasteiger partial charge >= 0.3 is 0 Å². The molecule has 4 heteroatoms. The first kappa shape index (κ1) is 27.5. The summed E-state index contributed by atoms with van der Waals surface area (Å²) in [4.78, 5) is 15.4. The summed E-state index contributed by atoms with van der Waals surface area (Å²) < 4.78 is 6.26. The average molecular weight is 626 g/mol. The van der Waals surface area contributed by atoms with Gasteiger partial charge in [0.25, 0.3) is 0 Å². The molecule has 49 heavy (non-hydrogen) atoms. The summed E-state index contributed by atoms with van der Waals surface area (Å²) in [5, 5.41) is 9.09. The van der Waals surface area contributed by atoms with Crippen LogP contribution in [0.2, 0.25) is 0 Å². The van der Waals surface area contributed by atoms with E-state index in [1.807, 2.05) is 12.1 Å². The first-order valence-electron chi connectivity index (χ1n) is 16.4. The van der Waals surface area contributed by atoms with Gasteiger partial charge in [0.05, 0.1) is 0 Å². The summed E-state index contributed by atoms with van der Waals surface area (Å²) in [5.74, 6) is 1.92. The van der Waals surface area contributed by atoms with E-state index < -0.39 is 0 Å². The lowest BCUT2D eigenvalue weighted by Gasteiger charge is -2.13. The van der Waals surface area contributed by atoms with Crippen molar-refractivity contribution in [3.8, 4) is 45.3 Å². The van der Waals surface area contributed by atoms with Crippen LogP contribution in [0.25, 0.3) is 99.5 Å². The summed E-state index contributed by atoms with van der Waals surface area (Å²) in [6.07, 6.45) is 0. The van der Waals surface area contributed by atoms with E-state index in [4.69, 9.17) is 19.4 Å². The summed E-state index contributed by atoms with van der Waals surface area (Å²) in [5.41, 5.74) is 6.85. The van der Waals surface area contributed by atoms with E-state index in [0.29, 0.717) is 17.5 Å². The van der Waals surface area contributed by atoms with E-state index in [1.165, 1.54) is 10.8 Å². The molecule has 0 atom stereocenters. The van der Waals surface area contributed by atoms with Gasteiger partial charge in [-0.05, 0) is 79.8 Å². The Morgan fingerprint density at radius 1 is 0.306 bits per heavy atom. The van der Waals surface area contributed by atoms with Gasteiger partial charge in [-0.3, -0.25) is 0 Å². The molecule has 10 rings (SSSR count). The maximum Gasteiger partial charge on any atom is 0.164 e. The largest absolute Gasteiger partial charge is 0.456 e. The van der Waals surface area contributed by atoms with E-state index in [1.54, 1.807) is 0 Å². The molecule has 2 heterocycles. The van der Waals surface area contributed by atoms with Gasteiger partial charge in [-0.1, -0.05) is 127 Å². The Hall–Kier alpha value is -6.65. The summed E-state index contributed by atoms with van der Waals surface area (Å²) in [6.45, 7) is 0. The number of fused-ring (bicyclic) bond motifs is 6. The van der Waals surface area contributed by atoms with E-state index in [2.05, 4.69) is 152 Å². The quantitative estimate of drug-likeness (QED) is 0.195. The van der Waals surface area contributed by atoms with Crippen LogP contribution in [0.1, 0.15) is 0 Å².